The molecule has 35 heavy (non-hydrogen) atoms. The minimum Gasteiger partial charge on any atom is -0.353 e. The van der Waals surface area contributed by atoms with Gasteiger partial charge in [0.2, 0.25) is 11.8 Å². The Morgan fingerprint density at radius 1 is 0.886 bits per heavy atom. The zero-order valence-electron chi connectivity index (χ0n) is 27.7. The fourth-order valence-corrected chi connectivity index (χ4v) is 8.15. The van der Waals surface area contributed by atoms with Crippen molar-refractivity contribution in [1.29, 1.82) is 0 Å². The quantitative estimate of drug-likeness (QED) is 0.575. The van der Waals surface area contributed by atoms with Crippen LogP contribution in [0.15, 0.2) is 24.3 Å². The van der Waals surface area contributed by atoms with Crippen LogP contribution in [0.3, 0.4) is 0 Å². The number of piperazine rings is 1. The van der Waals surface area contributed by atoms with Crippen molar-refractivity contribution in [2.45, 2.75) is 44.9 Å². The number of hydrogen-bond donors (Lipinski definition) is 0. The fraction of sp³-hybridized carbons (Fsp3) is 0.679. The number of amides is 2. The van der Waals surface area contributed by atoms with Gasteiger partial charge in [-0.15, -0.1) is 0 Å². The summed E-state index contributed by atoms with van der Waals surface area (Å²) in [5.74, 6) is -0.817. The van der Waals surface area contributed by atoms with E-state index in [9.17, 15) is 9.59 Å². The van der Waals surface area contributed by atoms with Gasteiger partial charge in [0.15, 0.2) is 0 Å². The van der Waals surface area contributed by atoms with Gasteiger partial charge in [-0.05, 0) is 79.4 Å². The summed E-state index contributed by atoms with van der Waals surface area (Å²) in [6.07, 6.45) is 5.86. The van der Waals surface area contributed by atoms with Gasteiger partial charge in [-0.25, -0.2) is 0 Å². The molecule has 7 heteroatoms. The van der Waals surface area contributed by atoms with Crippen LogP contribution in [-0.4, -0.2) is 65.1 Å². The second kappa shape index (κ2) is 8.84. The first-order valence-corrected chi connectivity index (χ1v) is 13.7. The maximum Gasteiger partial charge on any atom is 0.233 e. The Morgan fingerprint density at radius 3 is 2.26 bits per heavy atom. The van der Waals surface area contributed by atoms with Crippen LogP contribution in [0.4, 0.5) is 5.82 Å². The van der Waals surface area contributed by atoms with E-state index in [1.165, 1.54) is 4.90 Å². The SMILES string of the molecule is [2H]C1([2H])N(C[C@H]2CCCC[C@H]2CN2C(=O)[C@@H]3[C@H]4CC[C@H](C4)[C@@H]3C2=O)C([2H])([2H])C([2H])([2H])N(c2nsc3ccccc23)C1([2H])[2H]. The van der Waals surface area contributed by atoms with Crippen molar-refractivity contribution in [2.75, 3.05) is 44.0 Å². The molecule has 2 bridgehead atoms. The Bertz CT molecular complexity index is 1410. The molecule has 0 unspecified atom stereocenters. The van der Waals surface area contributed by atoms with E-state index in [2.05, 4.69) is 4.37 Å². The molecular weight excluding hydrogens is 456 g/mol. The molecule has 5 fully saturated rings. The number of benzene rings is 1. The largest absolute Gasteiger partial charge is 0.353 e. The number of anilines is 1. The van der Waals surface area contributed by atoms with Crippen molar-refractivity contribution >= 4 is 39.3 Å². The molecule has 1 aromatic carbocycles. The van der Waals surface area contributed by atoms with Crippen LogP contribution < -0.4 is 4.90 Å². The van der Waals surface area contributed by atoms with Crippen LogP contribution in [0.5, 0.6) is 0 Å². The molecule has 2 aliphatic heterocycles. The van der Waals surface area contributed by atoms with Crippen molar-refractivity contribution in [3.05, 3.63) is 24.3 Å². The lowest BCUT2D eigenvalue weighted by molar-refractivity contribution is -0.142. The van der Waals surface area contributed by atoms with Crippen LogP contribution in [0, 0.1) is 35.5 Å². The molecular formula is C28H36N4O2S. The normalized spacial score (nSPS) is 44.6. The molecule has 3 saturated carbocycles. The molecule has 2 aromatic rings. The van der Waals surface area contributed by atoms with Crippen LogP contribution in [-0.2, 0) is 9.59 Å². The summed E-state index contributed by atoms with van der Waals surface area (Å²) in [5.41, 5.74) is 0. The Balaban J connectivity index is 1.18. The van der Waals surface area contributed by atoms with Gasteiger partial charge in [0.05, 0.1) is 22.0 Å². The van der Waals surface area contributed by atoms with Gasteiger partial charge < -0.3 is 4.90 Å². The fourth-order valence-electron chi connectivity index (χ4n) is 7.39. The molecule has 186 valence electrons. The number of imide groups is 1. The zero-order valence-corrected chi connectivity index (χ0v) is 20.5. The van der Waals surface area contributed by atoms with Crippen LogP contribution >= 0.6 is 11.5 Å². The number of carbonyl (C=O) groups excluding carboxylic acids is 2. The standard InChI is InChI=1S/C28H36N4O2S/c33-27-24-18-9-10-19(15-18)25(24)28(34)32(27)17-21-6-2-1-5-20(21)16-30-11-13-31(14-12-30)26-22-7-3-4-8-23(22)35-29-26/h3-4,7-8,18-21,24-25H,1-2,5-6,9-17H2/t18-,19+,20-,21+,24+,25-/m1/s1/i11D2,12D2,13D2,14D2. The van der Waals surface area contributed by atoms with E-state index in [1.54, 1.807) is 24.3 Å². The lowest BCUT2D eigenvalue weighted by Crippen LogP contribution is -2.49. The molecule has 1 aromatic heterocycles. The van der Waals surface area contributed by atoms with E-state index in [-0.39, 0.29) is 66.2 Å². The zero-order chi connectivity index (χ0) is 30.7. The molecule has 0 spiro atoms. The minimum absolute atomic E-state index is 0.103. The number of nitrogens with zero attached hydrogens (tertiary/aromatic N) is 4. The molecule has 6 nitrogen and oxygen atoms in total. The van der Waals surface area contributed by atoms with Crippen molar-refractivity contribution in [2.24, 2.45) is 35.5 Å². The van der Waals surface area contributed by atoms with Crippen molar-refractivity contribution in [3.8, 4) is 0 Å². The average molecular weight is 501 g/mol. The lowest BCUT2D eigenvalue weighted by atomic mass is 9.78. The van der Waals surface area contributed by atoms with Gasteiger partial charge in [-0.2, -0.15) is 4.37 Å². The number of rotatable bonds is 5. The maximum atomic E-state index is 13.4. The highest BCUT2D eigenvalue weighted by Crippen LogP contribution is 2.56. The molecule has 6 atom stereocenters. The monoisotopic (exact) mass is 500 g/mol. The third kappa shape index (κ3) is 3.72. The number of fused-ring (bicyclic) bond motifs is 6. The second-order valence-electron chi connectivity index (χ2n) is 10.9. The first-order valence-electron chi connectivity index (χ1n) is 17.0. The molecule has 2 amide bonds. The van der Waals surface area contributed by atoms with Gasteiger partial charge >= 0.3 is 0 Å². The Hall–Kier alpha value is -1.99. The third-order valence-corrected chi connectivity index (χ3v) is 9.90. The Morgan fingerprint density at radius 2 is 1.54 bits per heavy atom. The summed E-state index contributed by atoms with van der Waals surface area (Å²) in [6, 6.07) is 6.86. The summed E-state index contributed by atoms with van der Waals surface area (Å²) < 4.78 is 76.7. The Kier molecular flexibility index (Phi) is 3.87. The summed E-state index contributed by atoms with van der Waals surface area (Å²) in [4.78, 5) is 29.6. The van der Waals surface area contributed by atoms with E-state index in [0.29, 0.717) is 27.8 Å². The van der Waals surface area contributed by atoms with Crippen LogP contribution in [0.2, 0.25) is 0 Å². The number of carbonyl (C=O) groups is 2. The van der Waals surface area contributed by atoms with Gasteiger partial charge in [-0.1, -0.05) is 25.0 Å². The molecule has 5 aliphatic rings. The highest BCUT2D eigenvalue weighted by molar-refractivity contribution is 7.13. The first-order chi connectivity index (χ1) is 20.2. The molecule has 2 saturated heterocycles. The minimum atomic E-state index is -3.00. The van der Waals surface area contributed by atoms with Gasteiger partial charge in [0, 0.05) is 49.9 Å². The van der Waals surface area contributed by atoms with E-state index in [1.807, 2.05) is 0 Å². The van der Waals surface area contributed by atoms with Gasteiger partial charge in [-0.3, -0.25) is 19.4 Å². The Labute approximate surface area is 223 Å². The van der Waals surface area contributed by atoms with Crippen LogP contribution in [0.1, 0.15) is 55.9 Å². The van der Waals surface area contributed by atoms with E-state index in [0.717, 1.165) is 48.5 Å². The van der Waals surface area contributed by atoms with E-state index >= 15 is 0 Å². The number of aromatic nitrogens is 1. The first kappa shape index (κ1) is 15.3. The highest BCUT2D eigenvalue weighted by Gasteiger charge is 2.61. The predicted octanol–water partition coefficient (Wildman–Crippen LogP) is 4.26. The van der Waals surface area contributed by atoms with Crippen molar-refractivity contribution in [3.63, 3.8) is 0 Å². The second-order valence-corrected chi connectivity index (χ2v) is 11.7. The van der Waals surface area contributed by atoms with Crippen LogP contribution in [0.25, 0.3) is 10.1 Å². The van der Waals surface area contributed by atoms with Crippen molar-refractivity contribution in [1.82, 2.24) is 14.2 Å². The molecule has 3 aliphatic carbocycles. The summed E-state index contributed by atoms with van der Waals surface area (Å²) >= 11 is 1.02. The van der Waals surface area contributed by atoms with E-state index < -0.39 is 26.0 Å². The molecule has 7 rings (SSSR count). The summed E-state index contributed by atoms with van der Waals surface area (Å²) in [5, 5.41) is 0.422. The number of hydrogen-bond acceptors (Lipinski definition) is 6. The van der Waals surface area contributed by atoms with Crippen molar-refractivity contribution < 1.29 is 20.6 Å². The van der Waals surface area contributed by atoms with Gasteiger partial charge in [0.1, 0.15) is 5.82 Å². The predicted molar refractivity (Wildman–Crippen MR) is 138 cm³/mol. The lowest BCUT2D eigenvalue weighted by Gasteiger charge is -2.40. The molecule has 3 heterocycles. The summed E-state index contributed by atoms with van der Waals surface area (Å²) in [6.45, 7) is -12.0. The van der Waals surface area contributed by atoms with Gasteiger partial charge in [0.25, 0.3) is 0 Å². The summed E-state index contributed by atoms with van der Waals surface area (Å²) in [7, 11) is 0. The molecule has 0 radical (unpaired) electrons. The smallest absolute Gasteiger partial charge is 0.233 e. The average Bonchev–Trinajstić information content (AvgIpc) is 3.72. The van der Waals surface area contributed by atoms with E-state index in [4.69, 9.17) is 11.0 Å². The third-order valence-electron chi connectivity index (χ3n) is 9.08. The molecule has 0 N–H and O–H groups in total. The highest BCUT2D eigenvalue weighted by atomic mass is 32.1. The topological polar surface area (TPSA) is 56.8 Å². The maximum absolute atomic E-state index is 13.4. The number of likely N-dealkylation sites (tertiary alicyclic amines) is 1.